The van der Waals surface area contributed by atoms with E-state index in [1.807, 2.05) is 7.05 Å². The van der Waals surface area contributed by atoms with E-state index in [9.17, 15) is 4.79 Å². The van der Waals surface area contributed by atoms with Gasteiger partial charge < -0.3 is 10.2 Å². The van der Waals surface area contributed by atoms with E-state index in [0.717, 1.165) is 37.8 Å². The number of nitrogens with one attached hydrogen (secondary N) is 1. The lowest BCUT2D eigenvalue weighted by molar-refractivity contribution is -0.136. The normalized spacial score (nSPS) is 35.1. The Hall–Kier alpha value is -0.570. The van der Waals surface area contributed by atoms with Crippen LogP contribution in [0.2, 0.25) is 0 Å². The third kappa shape index (κ3) is 3.21. The molecule has 0 radical (unpaired) electrons. The molecule has 1 saturated carbocycles. The van der Waals surface area contributed by atoms with Crippen LogP contribution in [-0.2, 0) is 4.79 Å². The molecule has 0 bridgehead atoms. The van der Waals surface area contributed by atoms with Gasteiger partial charge in [-0.3, -0.25) is 4.79 Å². The van der Waals surface area contributed by atoms with Crippen molar-refractivity contribution in [3.63, 3.8) is 0 Å². The van der Waals surface area contributed by atoms with Crippen LogP contribution in [0, 0.1) is 11.8 Å². The highest BCUT2D eigenvalue weighted by Gasteiger charge is 2.29. The van der Waals surface area contributed by atoms with E-state index in [-0.39, 0.29) is 6.04 Å². The number of hydrogen-bond donors (Lipinski definition) is 1. The average molecular weight is 238 g/mol. The van der Waals surface area contributed by atoms with Crippen LogP contribution in [0.15, 0.2) is 0 Å². The molecular weight excluding hydrogens is 212 g/mol. The molecule has 3 heteroatoms. The number of amides is 1. The summed E-state index contributed by atoms with van der Waals surface area (Å²) in [6.45, 7) is 4.33. The van der Waals surface area contributed by atoms with Gasteiger partial charge in [0.15, 0.2) is 0 Å². The summed E-state index contributed by atoms with van der Waals surface area (Å²) in [5.74, 6) is 1.98. The van der Waals surface area contributed by atoms with Gasteiger partial charge in [-0.15, -0.1) is 0 Å². The minimum Gasteiger partial charge on any atom is -0.341 e. The molecule has 17 heavy (non-hydrogen) atoms. The maximum atomic E-state index is 12.2. The van der Waals surface area contributed by atoms with Crippen LogP contribution in [0.1, 0.15) is 45.4 Å². The van der Waals surface area contributed by atoms with Crippen molar-refractivity contribution in [2.75, 3.05) is 20.1 Å². The van der Waals surface area contributed by atoms with Gasteiger partial charge in [-0.1, -0.05) is 19.8 Å². The summed E-state index contributed by atoms with van der Waals surface area (Å²) in [4.78, 5) is 14.3. The molecule has 2 aliphatic rings. The van der Waals surface area contributed by atoms with Crippen molar-refractivity contribution in [3.05, 3.63) is 0 Å². The van der Waals surface area contributed by atoms with Gasteiger partial charge in [0.05, 0.1) is 6.04 Å². The number of carbonyl (C=O) groups excluding carboxylic acids is 1. The van der Waals surface area contributed by atoms with E-state index in [2.05, 4.69) is 17.1 Å². The Balaban J connectivity index is 1.83. The summed E-state index contributed by atoms with van der Waals surface area (Å²) in [5, 5.41) is 3.14. The number of likely N-dealkylation sites (N-methyl/N-ethyl adjacent to an activating group) is 1. The average Bonchev–Trinajstić information content (AvgIpc) is 2.35. The second kappa shape index (κ2) is 5.85. The van der Waals surface area contributed by atoms with Crippen molar-refractivity contribution >= 4 is 5.91 Å². The number of piperidine rings is 1. The highest BCUT2D eigenvalue weighted by molar-refractivity contribution is 5.82. The maximum absolute atomic E-state index is 12.2. The van der Waals surface area contributed by atoms with Gasteiger partial charge in [-0.2, -0.15) is 0 Å². The van der Waals surface area contributed by atoms with Gasteiger partial charge in [0, 0.05) is 13.1 Å². The molecule has 1 atom stereocenters. The third-order valence-corrected chi connectivity index (χ3v) is 4.49. The Morgan fingerprint density at radius 3 is 2.59 bits per heavy atom. The molecule has 0 aromatic heterocycles. The van der Waals surface area contributed by atoms with Crippen molar-refractivity contribution < 1.29 is 4.79 Å². The molecule has 0 aromatic carbocycles. The van der Waals surface area contributed by atoms with Gasteiger partial charge >= 0.3 is 0 Å². The van der Waals surface area contributed by atoms with Crippen LogP contribution < -0.4 is 5.32 Å². The number of rotatable bonds is 3. The van der Waals surface area contributed by atoms with Gasteiger partial charge in [-0.25, -0.2) is 0 Å². The molecule has 1 saturated heterocycles. The zero-order valence-electron chi connectivity index (χ0n) is 11.2. The molecule has 1 unspecified atom stereocenters. The fourth-order valence-corrected chi connectivity index (χ4v) is 3.21. The van der Waals surface area contributed by atoms with E-state index >= 15 is 0 Å². The second-order valence-electron chi connectivity index (χ2n) is 5.89. The lowest BCUT2D eigenvalue weighted by Gasteiger charge is -2.36. The maximum Gasteiger partial charge on any atom is 0.239 e. The molecule has 0 aromatic rings. The van der Waals surface area contributed by atoms with Crippen molar-refractivity contribution in [2.24, 2.45) is 11.8 Å². The fraction of sp³-hybridized carbons (Fsp3) is 0.929. The predicted molar refractivity (Wildman–Crippen MR) is 69.8 cm³/mol. The minimum absolute atomic E-state index is 0.0752. The molecule has 1 aliphatic heterocycles. The monoisotopic (exact) mass is 238 g/mol. The molecule has 1 aliphatic carbocycles. The van der Waals surface area contributed by atoms with Crippen molar-refractivity contribution in [1.82, 2.24) is 10.2 Å². The third-order valence-electron chi connectivity index (χ3n) is 4.49. The molecular formula is C14H26N2O. The Morgan fingerprint density at radius 2 is 1.94 bits per heavy atom. The van der Waals surface area contributed by atoms with Crippen LogP contribution in [0.4, 0.5) is 0 Å². The van der Waals surface area contributed by atoms with Crippen molar-refractivity contribution in [1.29, 1.82) is 0 Å². The van der Waals surface area contributed by atoms with Crippen molar-refractivity contribution in [3.8, 4) is 0 Å². The first-order valence-electron chi connectivity index (χ1n) is 7.16. The molecule has 1 heterocycles. The summed E-state index contributed by atoms with van der Waals surface area (Å²) < 4.78 is 0. The van der Waals surface area contributed by atoms with Crippen LogP contribution in [-0.4, -0.2) is 37.0 Å². The topological polar surface area (TPSA) is 32.3 Å². The lowest BCUT2D eigenvalue weighted by Crippen LogP contribution is -2.51. The van der Waals surface area contributed by atoms with E-state index < -0.39 is 0 Å². The number of hydrogen-bond acceptors (Lipinski definition) is 2. The summed E-state index contributed by atoms with van der Waals surface area (Å²) in [5.41, 5.74) is 0. The van der Waals surface area contributed by atoms with Gasteiger partial charge in [-0.05, 0) is 44.6 Å². The van der Waals surface area contributed by atoms with Gasteiger partial charge in [0.25, 0.3) is 0 Å². The molecule has 0 spiro atoms. The Kier molecular flexibility index (Phi) is 4.43. The van der Waals surface area contributed by atoms with Crippen molar-refractivity contribution in [2.45, 2.75) is 51.5 Å². The Morgan fingerprint density at radius 1 is 1.24 bits per heavy atom. The van der Waals surface area contributed by atoms with Gasteiger partial charge in [0.1, 0.15) is 0 Å². The number of nitrogens with zero attached hydrogens (tertiary/aromatic N) is 1. The van der Waals surface area contributed by atoms with Crippen LogP contribution in [0.3, 0.4) is 0 Å². The highest BCUT2D eigenvalue weighted by Crippen LogP contribution is 2.29. The lowest BCUT2D eigenvalue weighted by atomic mass is 9.82. The van der Waals surface area contributed by atoms with Crippen LogP contribution >= 0.6 is 0 Å². The molecule has 1 N–H and O–H groups in total. The van der Waals surface area contributed by atoms with Gasteiger partial charge in [0.2, 0.25) is 5.91 Å². The van der Waals surface area contributed by atoms with E-state index in [0.29, 0.717) is 5.91 Å². The SMILES string of the molecule is CNC1CCCN(CC2CCC(C)CC2)C1=O. The summed E-state index contributed by atoms with van der Waals surface area (Å²) in [6.07, 6.45) is 7.49. The molecule has 98 valence electrons. The number of likely N-dealkylation sites (tertiary alicyclic amines) is 1. The molecule has 2 fully saturated rings. The van der Waals surface area contributed by atoms with E-state index in [1.54, 1.807) is 0 Å². The predicted octanol–water partition coefficient (Wildman–Crippen LogP) is 2.02. The smallest absolute Gasteiger partial charge is 0.239 e. The molecule has 3 nitrogen and oxygen atoms in total. The zero-order valence-corrected chi connectivity index (χ0v) is 11.2. The largest absolute Gasteiger partial charge is 0.341 e. The highest BCUT2D eigenvalue weighted by atomic mass is 16.2. The standard InChI is InChI=1S/C14H26N2O/c1-11-5-7-12(8-6-11)10-16-9-3-4-13(15-2)14(16)17/h11-13,15H,3-10H2,1-2H3. The summed E-state index contributed by atoms with van der Waals surface area (Å²) >= 11 is 0. The van der Waals surface area contributed by atoms with E-state index in [4.69, 9.17) is 0 Å². The molecule has 2 rings (SSSR count). The fourth-order valence-electron chi connectivity index (χ4n) is 3.21. The first kappa shape index (κ1) is 12.9. The first-order chi connectivity index (χ1) is 8.20. The Labute approximate surface area is 105 Å². The minimum atomic E-state index is 0.0752. The Bertz CT molecular complexity index is 259. The quantitative estimate of drug-likeness (QED) is 0.816. The first-order valence-corrected chi connectivity index (χ1v) is 7.16. The number of carbonyl (C=O) groups is 1. The summed E-state index contributed by atoms with van der Waals surface area (Å²) in [6, 6.07) is 0.0752. The van der Waals surface area contributed by atoms with E-state index in [1.165, 1.54) is 25.7 Å². The van der Waals surface area contributed by atoms with Crippen LogP contribution in [0.5, 0.6) is 0 Å². The van der Waals surface area contributed by atoms with Crippen LogP contribution in [0.25, 0.3) is 0 Å². The molecule has 1 amide bonds. The summed E-state index contributed by atoms with van der Waals surface area (Å²) in [7, 11) is 1.90. The second-order valence-corrected chi connectivity index (χ2v) is 5.89. The zero-order chi connectivity index (χ0) is 12.3.